The highest BCUT2D eigenvalue weighted by molar-refractivity contribution is 7.89. The number of hydrogen-bond acceptors (Lipinski definition) is 7. The van der Waals surface area contributed by atoms with Crippen molar-refractivity contribution >= 4 is 21.9 Å². The topological polar surface area (TPSA) is 111 Å². The van der Waals surface area contributed by atoms with Crippen molar-refractivity contribution in [1.29, 1.82) is 0 Å². The van der Waals surface area contributed by atoms with Crippen LogP contribution < -0.4 is 14.2 Å². The Labute approximate surface area is 183 Å². The van der Waals surface area contributed by atoms with Gasteiger partial charge in [-0.25, -0.2) is 13.1 Å². The van der Waals surface area contributed by atoms with E-state index in [1.807, 2.05) is 13.8 Å². The van der Waals surface area contributed by atoms with Crippen molar-refractivity contribution in [3.63, 3.8) is 0 Å². The first-order chi connectivity index (χ1) is 14.7. The van der Waals surface area contributed by atoms with Crippen LogP contribution in [0, 0.1) is 0 Å². The Morgan fingerprint density at radius 1 is 1.16 bits per heavy atom. The molecule has 1 amide bonds. The summed E-state index contributed by atoms with van der Waals surface area (Å²) in [6, 6.07) is 4.55. The largest absolute Gasteiger partial charge is 0.486 e. The molecule has 1 saturated heterocycles. The SMILES string of the molecule is C[C@@H](OC(=O)CCNS(=O)(=O)c1ccc2c(c1)OCCO2)C(=O)N1[C@@H](C)CCC[C@@H]1C. The van der Waals surface area contributed by atoms with Gasteiger partial charge in [0.1, 0.15) is 13.2 Å². The molecule has 0 spiro atoms. The second kappa shape index (κ2) is 9.86. The van der Waals surface area contributed by atoms with Crippen LogP contribution in [0.2, 0.25) is 0 Å². The molecule has 2 heterocycles. The van der Waals surface area contributed by atoms with Crippen molar-refractivity contribution in [3.05, 3.63) is 18.2 Å². The van der Waals surface area contributed by atoms with Crippen LogP contribution in [-0.4, -0.2) is 63.1 Å². The second-order valence-electron chi connectivity index (χ2n) is 7.96. The molecule has 1 fully saturated rings. The van der Waals surface area contributed by atoms with E-state index in [0.717, 1.165) is 19.3 Å². The van der Waals surface area contributed by atoms with Crippen molar-refractivity contribution in [3.8, 4) is 11.5 Å². The van der Waals surface area contributed by atoms with E-state index in [0.29, 0.717) is 24.7 Å². The van der Waals surface area contributed by atoms with Crippen LogP contribution in [0.15, 0.2) is 23.1 Å². The van der Waals surface area contributed by atoms with Gasteiger partial charge in [-0.05, 0) is 52.2 Å². The number of likely N-dealkylation sites (tertiary alicyclic amines) is 1. The summed E-state index contributed by atoms with van der Waals surface area (Å²) in [5.41, 5.74) is 0. The van der Waals surface area contributed by atoms with Crippen LogP contribution in [0.3, 0.4) is 0 Å². The Morgan fingerprint density at radius 3 is 2.48 bits per heavy atom. The predicted molar refractivity (Wildman–Crippen MR) is 112 cm³/mol. The van der Waals surface area contributed by atoms with E-state index in [2.05, 4.69) is 4.72 Å². The summed E-state index contributed by atoms with van der Waals surface area (Å²) in [5, 5.41) is 0. The number of nitrogens with zero attached hydrogens (tertiary/aromatic N) is 1. The molecule has 0 unspecified atom stereocenters. The maximum Gasteiger partial charge on any atom is 0.307 e. The van der Waals surface area contributed by atoms with Gasteiger partial charge in [0.25, 0.3) is 5.91 Å². The molecule has 1 aromatic carbocycles. The van der Waals surface area contributed by atoms with Crippen molar-refractivity contribution in [2.45, 2.75) is 69.5 Å². The Hall–Kier alpha value is -2.33. The van der Waals surface area contributed by atoms with Gasteiger partial charge in [-0.3, -0.25) is 9.59 Å². The summed E-state index contributed by atoms with van der Waals surface area (Å²) >= 11 is 0. The second-order valence-corrected chi connectivity index (χ2v) is 9.73. The number of rotatable bonds is 7. The third kappa shape index (κ3) is 5.68. The number of piperidine rings is 1. The highest BCUT2D eigenvalue weighted by Gasteiger charge is 2.33. The molecule has 3 rings (SSSR count). The molecular formula is C21H30N2O7S. The number of benzene rings is 1. The average molecular weight is 455 g/mol. The van der Waals surface area contributed by atoms with Crippen molar-refractivity contribution in [2.75, 3.05) is 19.8 Å². The number of fused-ring (bicyclic) bond motifs is 1. The van der Waals surface area contributed by atoms with Gasteiger partial charge in [0.15, 0.2) is 17.6 Å². The van der Waals surface area contributed by atoms with Gasteiger partial charge in [-0.1, -0.05) is 0 Å². The zero-order valence-electron chi connectivity index (χ0n) is 18.1. The monoisotopic (exact) mass is 454 g/mol. The van der Waals surface area contributed by atoms with Crippen LogP contribution in [0.1, 0.15) is 46.5 Å². The lowest BCUT2D eigenvalue weighted by Gasteiger charge is -2.40. The summed E-state index contributed by atoms with van der Waals surface area (Å²) < 4.78 is 43.4. The summed E-state index contributed by atoms with van der Waals surface area (Å²) in [7, 11) is -3.83. The molecule has 3 atom stereocenters. The molecule has 0 radical (unpaired) electrons. The molecule has 0 aliphatic carbocycles. The van der Waals surface area contributed by atoms with E-state index in [-0.39, 0.29) is 35.9 Å². The normalized spacial score (nSPS) is 22.0. The summed E-state index contributed by atoms with van der Waals surface area (Å²) in [6.07, 6.45) is 1.83. The lowest BCUT2D eigenvalue weighted by Crippen LogP contribution is -2.51. The number of carbonyl (C=O) groups excluding carboxylic acids is 2. The zero-order chi connectivity index (χ0) is 22.6. The van der Waals surface area contributed by atoms with Crippen LogP contribution in [-0.2, 0) is 24.3 Å². The first-order valence-electron chi connectivity index (χ1n) is 10.6. The van der Waals surface area contributed by atoms with Crippen LogP contribution in [0.5, 0.6) is 11.5 Å². The minimum absolute atomic E-state index is 0.0155. The van der Waals surface area contributed by atoms with Gasteiger partial charge in [0.05, 0.1) is 11.3 Å². The minimum atomic E-state index is -3.83. The summed E-state index contributed by atoms with van der Waals surface area (Å²) in [5.74, 6) is -0.000218. The van der Waals surface area contributed by atoms with Gasteiger partial charge in [-0.15, -0.1) is 0 Å². The third-order valence-corrected chi connectivity index (χ3v) is 7.01. The Balaban J connectivity index is 1.49. The Bertz CT molecular complexity index is 908. The van der Waals surface area contributed by atoms with Crippen LogP contribution in [0.25, 0.3) is 0 Å². The number of amides is 1. The molecular weight excluding hydrogens is 424 g/mol. The molecule has 2 aliphatic heterocycles. The lowest BCUT2D eigenvalue weighted by atomic mass is 9.97. The smallest absolute Gasteiger partial charge is 0.307 e. The van der Waals surface area contributed by atoms with E-state index in [4.69, 9.17) is 14.2 Å². The first-order valence-corrected chi connectivity index (χ1v) is 12.1. The van der Waals surface area contributed by atoms with Crippen molar-refractivity contribution in [2.24, 2.45) is 0 Å². The fourth-order valence-electron chi connectivity index (χ4n) is 3.93. The zero-order valence-corrected chi connectivity index (χ0v) is 18.9. The fourth-order valence-corrected chi connectivity index (χ4v) is 4.98. The summed E-state index contributed by atoms with van der Waals surface area (Å²) in [6.45, 7) is 6.15. The molecule has 0 aromatic heterocycles. The molecule has 1 N–H and O–H groups in total. The maximum atomic E-state index is 12.7. The minimum Gasteiger partial charge on any atom is -0.486 e. The number of sulfonamides is 1. The molecule has 31 heavy (non-hydrogen) atoms. The number of carbonyl (C=O) groups is 2. The van der Waals surface area contributed by atoms with Gasteiger partial charge in [0.2, 0.25) is 10.0 Å². The maximum absolute atomic E-state index is 12.7. The van der Waals surface area contributed by atoms with Crippen molar-refractivity contribution in [1.82, 2.24) is 9.62 Å². The van der Waals surface area contributed by atoms with Crippen LogP contribution >= 0.6 is 0 Å². The average Bonchev–Trinajstić information content (AvgIpc) is 2.73. The third-order valence-electron chi connectivity index (χ3n) is 5.55. The van der Waals surface area contributed by atoms with E-state index in [1.54, 1.807) is 11.8 Å². The molecule has 10 heteroatoms. The quantitative estimate of drug-likeness (QED) is 0.626. The highest BCUT2D eigenvalue weighted by atomic mass is 32.2. The number of ether oxygens (including phenoxy) is 3. The van der Waals surface area contributed by atoms with Gasteiger partial charge in [0, 0.05) is 24.7 Å². The van der Waals surface area contributed by atoms with Gasteiger partial charge < -0.3 is 19.1 Å². The van der Waals surface area contributed by atoms with E-state index in [9.17, 15) is 18.0 Å². The van der Waals surface area contributed by atoms with Crippen LogP contribution in [0.4, 0.5) is 0 Å². The van der Waals surface area contributed by atoms with Crippen molar-refractivity contribution < 1.29 is 32.2 Å². The van der Waals surface area contributed by atoms with E-state index in [1.165, 1.54) is 18.2 Å². The lowest BCUT2D eigenvalue weighted by molar-refractivity contribution is -0.162. The van der Waals surface area contributed by atoms with E-state index >= 15 is 0 Å². The van der Waals surface area contributed by atoms with E-state index < -0.39 is 22.1 Å². The number of esters is 1. The molecule has 2 aliphatic rings. The molecule has 0 bridgehead atoms. The van der Waals surface area contributed by atoms with Gasteiger partial charge >= 0.3 is 5.97 Å². The Morgan fingerprint density at radius 2 is 1.81 bits per heavy atom. The molecule has 172 valence electrons. The standard InChI is InChI=1S/C21H30N2O7S/c1-14-5-4-6-15(2)23(14)21(25)16(3)30-20(24)9-10-22-31(26,27)17-7-8-18-19(13-17)29-12-11-28-18/h7-8,13-16,22H,4-6,9-12H2,1-3H3/t14-,15-,16+/m0/s1. The van der Waals surface area contributed by atoms with Gasteiger partial charge in [-0.2, -0.15) is 0 Å². The molecule has 0 saturated carbocycles. The number of nitrogens with one attached hydrogen (secondary N) is 1. The molecule has 9 nitrogen and oxygen atoms in total. The highest BCUT2D eigenvalue weighted by Crippen LogP contribution is 2.32. The Kier molecular flexibility index (Phi) is 7.42. The number of hydrogen-bond donors (Lipinski definition) is 1. The predicted octanol–water partition coefficient (Wildman–Crippen LogP) is 1.85. The molecule has 1 aromatic rings. The first kappa shape index (κ1) is 23.3. The summed E-state index contributed by atoms with van der Waals surface area (Å²) in [4.78, 5) is 26.7. The fraction of sp³-hybridized carbons (Fsp3) is 0.619.